The van der Waals surface area contributed by atoms with Crippen molar-refractivity contribution in [3.8, 4) is 11.1 Å². The first kappa shape index (κ1) is 19.4. The van der Waals surface area contributed by atoms with Crippen LogP contribution in [0.25, 0.3) is 21.9 Å². The summed E-state index contributed by atoms with van der Waals surface area (Å²) in [5.41, 5.74) is 12.0. The Balaban J connectivity index is 1.78. The molecule has 0 saturated carbocycles. The van der Waals surface area contributed by atoms with Crippen LogP contribution in [0.1, 0.15) is 27.0 Å². The molecule has 0 unspecified atom stereocenters. The second-order valence-electron chi connectivity index (χ2n) is 7.41. The summed E-state index contributed by atoms with van der Waals surface area (Å²) in [5, 5.41) is 12.8. The van der Waals surface area contributed by atoms with Crippen molar-refractivity contribution in [2.24, 2.45) is 5.73 Å². The number of amides is 1. The number of para-hydroxylation sites is 1. The van der Waals surface area contributed by atoms with Gasteiger partial charge in [0.05, 0.1) is 0 Å². The van der Waals surface area contributed by atoms with E-state index in [0.29, 0.717) is 5.56 Å². The van der Waals surface area contributed by atoms with Gasteiger partial charge in [0.2, 0.25) is 0 Å². The minimum Gasteiger partial charge on any atom is -0.384 e. The van der Waals surface area contributed by atoms with E-state index in [-0.39, 0.29) is 11.7 Å². The lowest BCUT2D eigenvalue weighted by atomic mass is 9.91. The molecule has 0 aromatic heterocycles. The van der Waals surface area contributed by atoms with Gasteiger partial charge in [-0.25, -0.2) is 0 Å². The van der Waals surface area contributed by atoms with Gasteiger partial charge in [0, 0.05) is 16.8 Å². The number of amidine groups is 1. The van der Waals surface area contributed by atoms with E-state index in [2.05, 4.69) is 5.32 Å². The maximum Gasteiger partial charge on any atom is 0.256 e. The molecule has 30 heavy (non-hydrogen) atoms. The standard InChI is InChI=1S/C26H23N3O/c1-16-11-13-22(24(17(16)2)25(27)28)19-12-14-21-18(15-19)7-6-10-23(21)26(30)29-20-8-4-3-5-9-20/h3-15H,1-2H3,(H3,27,28)(H,29,30). The number of anilines is 1. The van der Waals surface area contributed by atoms with E-state index in [0.717, 1.165) is 44.3 Å². The first-order valence-corrected chi connectivity index (χ1v) is 9.80. The molecular formula is C26H23N3O. The number of nitrogens with one attached hydrogen (secondary N) is 2. The van der Waals surface area contributed by atoms with E-state index >= 15 is 0 Å². The minimum atomic E-state index is -0.143. The fourth-order valence-electron chi connectivity index (χ4n) is 3.77. The number of hydrogen-bond donors (Lipinski definition) is 3. The number of nitrogen functional groups attached to an aromatic ring is 1. The summed E-state index contributed by atoms with van der Waals surface area (Å²) in [6, 6.07) is 25.2. The van der Waals surface area contributed by atoms with Crippen molar-refractivity contribution in [1.82, 2.24) is 0 Å². The summed E-state index contributed by atoms with van der Waals surface area (Å²) < 4.78 is 0. The predicted molar refractivity (Wildman–Crippen MR) is 124 cm³/mol. The van der Waals surface area contributed by atoms with Gasteiger partial charge in [-0.2, -0.15) is 0 Å². The van der Waals surface area contributed by atoms with E-state index in [4.69, 9.17) is 11.1 Å². The van der Waals surface area contributed by atoms with Crippen LogP contribution < -0.4 is 11.1 Å². The van der Waals surface area contributed by atoms with E-state index in [1.165, 1.54) is 0 Å². The maximum atomic E-state index is 12.9. The third kappa shape index (κ3) is 3.55. The van der Waals surface area contributed by atoms with Crippen LogP contribution in [0.3, 0.4) is 0 Å². The number of benzene rings is 4. The summed E-state index contributed by atoms with van der Waals surface area (Å²) in [4.78, 5) is 12.9. The summed E-state index contributed by atoms with van der Waals surface area (Å²) in [6.45, 7) is 4.01. The molecule has 1 amide bonds. The monoisotopic (exact) mass is 393 g/mol. The molecule has 0 saturated heterocycles. The van der Waals surface area contributed by atoms with E-state index < -0.39 is 0 Å². The van der Waals surface area contributed by atoms with Gasteiger partial charge in [-0.3, -0.25) is 10.2 Å². The van der Waals surface area contributed by atoms with Crippen molar-refractivity contribution in [3.05, 3.63) is 101 Å². The van der Waals surface area contributed by atoms with Crippen LogP contribution >= 0.6 is 0 Å². The zero-order valence-corrected chi connectivity index (χ0v) is 17.0. The van der Waals surface area contributed by atoms with Crippen molar-refractivity contribution in [3.63, 3.8) is 0 Å². The summed E-state index contributed by atoms with van der Waals surface area (Å²) in [6.07, 6.45) is 0. The zero-order valence-electron chi connectivity index (χ0n) is 17.0. The first-order chi connectivity index (χ1) is 14.5. The number of carbonyl (C=O) groups is 1. The van der Waals surface area contributed by atoms with Crippen molar-refractivity contribution >= 4 is 28.2 Å². The van der Waals surface area contributed by atoms with E-state index in [1.54, 1.807) is 0 Å². The summed E-state index contributed by atoms with van der Waals surface area (Å²) in [5.74, 6) is -0.0857. The highest BCUT2D eigenvalue weighted by molar-refractivity contribution is 6.13. The fourth-order valence-corrected chi connectivity index (χ4v) is 3.77. The minimum absolute atomic E-state index is 0.0577. The van der Waals surface area contributed by atoms with Crippen LogP contribution in [0.2, 0.25) is 0 Å². The van der Waals surface area contributed by atoms with Gasteiger partial charge in [-0.15, -0.1) is 0 Å². The zero-order chi connectivity index (χ0) is 21.3. The van der Waals surface area contributed by atoms with Crippen molar-refractivity contribution in [1.29, 1.82) is 5.41 Å². The molecule has 0 bridgehead atoms. The van der Waals surface area contributed by atoms with E-state index in [1.807, 2.05) is 92.7 Å². The van der Waals surface area contributed by atoms with Crippen LogP contribution in [0.15, 0.2) is 78.9 Å². The smallest absolute Gasteiger partial charge is 0.256 e. The number of aryl methyl sites for hydroxylation is 1. The normalized spacial score (nSPS) is 10.7. The predicted octanol–water partition coefficient (Wildman–Crippen LogP) is 5.66. The number of carbonyl (C=O) groups excluding carboxylic acids is 1. The quantitative estimate of drug-likeness (QED) is 0.309. The Kier molecular flexibility index (Phi) is 5.07. The Labute approximate surface area is 175 Å². The molecule has 4 nitrogen and oxygen atoms in total. The molecule has 0 aliphatic rings. The molecule has 0 aliphatic heterocycles. The maximum absolute atomic E-state index is 12.9. The molecule has 4 N–H and O–H groups in total. The SMILES string of the molecule is Cc1ccc(-c2ccc3c(C(=O)Nc4ccccc4)cccc3c2)c(C(=N)N)c1C. The molecule has 0 radical (unpaired) electrons. The third-order valence-electron chi connectivity index (χ3n) is 5.47. The lowest BCUT2D eigenvalue weighted by molar-refractivity contribution is 0.102. The molecule has 148 valence electrons. The Morgan fingerprint density at radius 3 is 2.40 bits per heavy atom. The Bertz CT molecular complexity index is 1280. The highest BCUT2D eigenvalue weighted by atomic mass is 16.1. The van der Waals surface area contributed by atoms with Crippen molar-refractivity contribution in [2.45, 2.75) is 13.8 Å². The second-order valence-corrected chi connectivity index (χ2v) is 7.41. The van der Waals surface area contributed by atoms with Gasteiger partial charge in [0.1, 0.15) is 5.84 Å². The number of fused-ring (bicyclic) bond motifs is 1. The molecule has 0 atom stereocenters. The van der Waals surface area contributed by atoms with Crippen molar-refractivity contribution < 1.29 is 4.79 Å². The van der Waals surface area contributed by atoms with Crippen LogP contribution in [0.4, 0.5) is 5.69 Å². The van der Waals surface area contributed by atoms with Gasteiger partial charge in [0.15, 0.2) is 0 Å². The highest BCUT2D eigenvalue weighted by Gasteiger charge is 2.15. The molecule has 4 aromatic rings. The molecule has 4 heteroatoms. The molecule has 4 aromatic carbocycles. The third-order valence-corrected chi connectivity index (χ3v) is 5.47. The van der Waals surface area contributed by atoms with Gasteiger partial charge < -0.3 is 11.1 Å². The van der Waals surface area contributed by atoms with Crippen LogP contribution in [-0.2, 0) is 0 Å². The van der Waals surface area contributed by atoms with Gasteiger partial charge in [-0.05, 0) is 71.1 Å². The van der Waals surface area contributed by atoms with E-state index in [9.17, 15) is 4.79 Å². The Morgan fingerprint density at radius 1 is 0.900 bits per heavy atom. The largest absolute Gasteiger partial charge is 0.384 e. The second kappa shape index (κ2) is 7.84. The molecule has 0 spiro atoms. The highest BCUT2D eigenvalue weighted by Crippen LogP contribution is 2.31. The summed E-state index contributed by atoms with van der Waals surface area (Å²) in [7, 11) is 0. The van der Waals surface area contributed by atoms with Crippen LogP contribution in [0.5, 0.6) is 0 Å². The van der Waals surface area contributed by atoms with Gasteiger partial charge in [-0.1, -0.05) is 54.6 Å². The summed E-state index contributed by atoms with van der Waals surface area (Å²) >= 11 is 0. The Hall–Kier alpha value is -3.92. The molecular weight excluding hydrogens is 370 g/mol. The lowest BCUT2D eigenvalue weighted by Gasteiger charge is -2.15. The Morgan fingerprint density at radius 2 is 1.67 bits per heavy atom. The topological polar surface area (TPSA) is 79.0 Å². The fraction of sp³-hybridized carbons (Fsp3) is 0.0769. The number of hydrogen-bond acceptors (Lipinski definition) is 2. The van der Waals surface area contributed by atoms with Gasteiger partial charge >= 0.3 is 0 Å². The number of nitrogens with two attached hydrogens (primary N) is 1. The van der Waals surface area contributed by atoms with Crippen LogP contribution in [0, 0.1) is 19.3 Å². The molecule has 0 aliphatic carbocycles. The molecule has 0 heterocycles. The first-order valence-electron chi connectivity index (χ1n) is 9.80. The van der Waals surface area contributed by atoms with Gasteiger partial charge in [0.25, 0.3) is 5.91 Å². The molecule has 4 rings (SSSR count). The van der Waals surface area contributed by atoms with Crippen LogP contribution in [-0.4, -0.2) is 11.7 Å². The van der Waals surface area contributed by atoms with Crippen molar-refractivity contribution in [2.75, 3.05) is 5.32 Å². The average molecular weight is 393 g/mol. The average Bonchev–Trinajstić information content (AvgIpc) is 2.75. The number of rotatable bonds is 4. The lowest BCUT2D eigenvalue weighted by Crippen LogP contribution is -2.15. The molecule has 0 fully saturated rings.